The van der Waals surface area contributed by atoms with Gasteiger partial charge in [0.1, 0.15) is 22.4 Å². The molecule has 3 radical (unpaired) electrons. The van der Waals surface area contributed by atoms with Crippen LogP contribution in [0.1, 0.15) is 123 Å². The molecular formula is C47H77BN12NaO15. The molecule has 3 aromatic heterocycles. The Labute approximate surface area is 467 Å². The van der Waals surface area contributed by atoms with Gasteiger partial charge in [-0.15, -0.1) is 0 Å². The molecule has 419 valence electrons. The summed E-state index contributed by atoms with van der Waals surface area (Å²) in [6.45, 7) is 29.3. The van der Waals surface area contributed by atoms with Crippen LogP contribution in [0.25, 0.3) is 0 Å². The number of aromatic nitrogens is 6. The van der Waals surface area contributed by atoms with Crippen LogP contribution in [0, 0.1) is 0 Å². The topological polar surface area (TPSA) is 334 Å². The number of H-pyrrole nitrogens is 1. The van der Waals surface area contributed by atoms with E-state index in [1.54, 1.807) is 65.0 Å². The number of amides is 2. The summed E-state index contributed by atoms with van der Waals surface area (Å²) in [5, 5.41) is 24.3. The molecular weight excluding hydrogens is 1010 g/mol. The molecule has 0 aliphatic carbocycles. The normalized spacial score (nSPS) is 15.7. The number of ether oxygens (including phenoxy) is 4. The van der Waals surface area contributed by atoms with Gasteiger partial charge in [-0.1, -0.05) is 0 Å². The van der Waals surface area contributed by atoms with Crippen LogP contribution in [0.4, 0.5) is 36.2 Å². The molecule has 0 saturated carbocycles. The van der Waals surface area contributed by atoms with Crippen molar-refractivity contribution in [3.63, 3.8) is 0 Å². The van der Waals surface area contributed by atoms with Gasteiger partial charge in [0.05, 0.1) is 54.6 Å². The zero-order valence-electron chi connectivity index (χ0n) is 46.9. The van der Waals surface area contributed by atoms with Gasteiger partial charge < -0.3 is 63.1 Å². The molecule has 27 nitrogen and oxygen atoms in total. The Morgan fingerprint density at radius 2 is 1.12 bits per heavy atom. The second-order valence-electron chi connectivity index (χ2n) is 20.7. The van der Waals surface area contributed by atoms with Crippen molar-refractivity contribution in [2.75, 3.05) is 55.6 Å². The molecule has 0 aromatic carbocycles. The number of nitrogens with one attached hydrogen (secondary N) is 4. The van der Waals surface area contributed by atoms with Gasteiger partial charge in [-0.2, -0.15) is 24.7 Å². The second-order valence-corrected chi connectivity index (χ2v) is 20.7. The molecule has 2 atom stereocenters. The number of nitrogens with two attached hydrogens (primary N) is 1. The Balaban J connectivity index is 0.000000950. The SMILES string of the molecule is CC(=O)OOC(C)=O.CC(C)(C)OC(=O)N1CCC(=O)C1.CC(C)(C)OC(=O)N1CCC(Nc2cnn(C(=O)OC(C)(C)C)c2)C1.CC(C)(C)OC(=O)n1cc(N)cn1.[B-]OC(C)=O.[Na+].c1n[nH]cc1NC1CCNC1. The fourth-order valence-corrected chi connectivity index (χ4v) is 5.73. The molecule has 6 N–H and O–H groups in total. The Hall–Kier alpha value is -6.39. The van der Waals surface area contributed by atoms with Crippen LogP contribution < -0.4 is 51.2 Å². The van der Waals surface area contributed by atoms with E-state index in [0.29, 0.717) is 43.5 Å². The molecule has 3 fully saturated rings. The maximum Gasteiger partial charge on any atom is 1.00 e. The van der Waals surface area contributed by atoms with Crippen LogP contribution in [-0.4, -0.2) is 169 Å². The van der Waals surface area contributed by atoms with E-state index in [-0.39, 0.29) is 54.0 Å². The van der Waals surface area contributed by atoms with E-state index in [1.165, 1.54) is 30.6 Å². The van der Waals surface area contributed by atoms with Gasteiger partial charge in [0.2, 0.25) is 5.97 Å². The number of rotatable bonds is 4. The quantitative estimate of drug-likeness (QED) is 0.108. The average Bonchev–Trinajstić information content (AvgIpc) is 4.13. The summed E-state index contributed by atoms with van der Waals surface area (Å²) in [7, 11) is 4.32. The van der Waals surface area contributed by atoms with Gasteiger partial charge in [0.15, 0.2) is 5.78 Å². The zero-order chi connectivity index (χ0) is 57.3. The van der Waals surface area contributed by atoms with Crippen LogP contribution in [-0.2, 0) is 52.6 Å². The summed E-state index contributed by atoms with van der Waals surface area (Å²) < 4.78 is 26.6. The van der Waals surface area contributed by atoms with Gasteiger partial charge in [-0.3, -0.25) is 14.7 Å². The van der Waals surface area contributed by atoms with E-state index in [4.69, 9.17) is 24.7 Å². The number of hydrogen-bond acceptors (Lipinski definition) is 22. The first-order valence-corrected chi connectivity index (χ1v) is 23.8. The standard InChI is InChI=1S/C17H28N4O4.C9H15NO3.C8H13N3O2.C7H12N4.C4H6O4.C2H3BO2.Na/c1-16(2,3)24-14(22)20-8-7-12(10-20)19-13-9-18-21(11-13)15(23)25-17(4,5)6;1-9(2,3)13-8(12)10-5-4-7(11)6-10;1-8(2,3)13-7(12)11-5-6(9)4-10-11;1-2-8-3-6(1)11-7-4-9-10-5-7;1-3(5)7-8-4(2)6;1-2(4)5-3;/h9,11-12,19H,7-8,10H2,1-6H3;4-6H2,1-3H3;4-5H,9H2,1-3H3;4-6,8,11H,1-3H2,(H,9,10);1-2H3;1H3;/q;;;;;-1;+1. The van der Waals surface area contributed by atoms with Crippen LogP contribution in [0.15, 0.2) is 37.2 Å². The molecule has 0 spiro atoms. The summed E-state index contributed by atoms with van der Waals surface area (Å²) in [6.07, 6.45) is 10.4. The molecule has 6 heterocycles. The second kappa shape index (κ2) is 32.9. The summed E-state index contributed by atoms with van der Waals surface area (Å²) in [5.41, 5.74) is 5.54. The first-order valence-electron chi connectivity index (χ1n) is 23.8. The van der Waals surface area contributed by atoms with Crippen molar-refractivity contribution in [3.05, 3.63) is 37.2 Å². The van der Waals surface area contributed by atoms with Crippen molar-refractivity contribution >= 4 is 73.2 Å². The van der Waals surface area contributed by atoms with Crippen molar-refractivity contribution in [3.8, 4) is 0 Å². The number of likely N-dealkylation sites (tertiary alicyclic amines) is 2. The number of ketones is 1. The molecule has 3 aliphatic heterocycles. The Bertz CT molecular complexity index is 2270. The molecule has 2 unspecified atom stereocenters. The van der Waals surface area contributed by atoms with Crippen molar-refractivity contribution in [1.82, 2.24) is 44.9 Å². The third kappa shape index (κ3) is 33.5. The van der Waals surface area contributed by atoms with Crippen LogP contribution >= 0.6 is 0 Å². The maximum atomic E-state index is 12.1. The van der Waals surface area contributed by atoms with E-state index < -0.39 is 58.6 Å². The van der Waals surface area contributed by atoms with Crippen LogP contribution in [0.2, 0.25) is 0 Å². The molecule has 0 bridgehead atoms. The van der Waals surface area contributed by atoms with Crippen molar-refractivity contribution in [2.45, 2.75) is 158 Å². The monoisotopic (exact) mass is 1080 g/mol. The largest absolute Gasteiger partial charge is 1.00 e. The van der Waals surface area contributed by atoms with Gasteiger partial charge in [0, 0.05) is 71.7 Å². The molecule has 6 rings (SSSR count). The number of nitrogens with zero attached hydrogens (tertiary/aromatic N) is 7. The van der Waals surface area contributed by atoms with E-state index in [2.05, 4.69) is 58.8 Å². The summed E-state index contributed by atoms with van der Waals surface area (Å²) in [4.78, 5) is 97.5. The molecule has 2 amide bonds. The minimum atomic E-state index is -0.639. The molecule has 3 aromatic rings. The summed E-state index contributed by atoms with van der Waals surface area (Å²) in [5.74, 6) is -1.64. The Kier molecular flexibility index (Phi) is 30.2. The molecule has 3 saturated heterocycles. The van der Waals surface area contributed by atoms with Crippen molar-refractivity contribution in [1.29, 1.82) is 0 Å². The van der Waals surface area contributed by atoms with Gasteiger partial charge in [-0.25, -0.2) is 38.5 Å². The van der Waals surface area contributed by atoms with Crippen molar-refractivity contribution < 1.29 is 101 Å². The fraction of sp³-hybridized carbons (Fsp3) is 0.638. The average molecular weight is 1080 g/mol. The van der Waals surface area contributed by atoms with Crippen molar-refractivity contribution in [2.24, 2.45) is 0 Å². The Morgan fingerprint density at radius 1 is 0.645 bits per heavy atom. The first kappa shape index (κ1) is 69.6. The minimum Gasteiger partial charge on any atom is -0.793 e. The number of nitrogen functional groups attached to an aromatic ring is 1. The van der Waals surface area contributed by atoms with Gasteiger partial charge in [0.25, 0.3) is 0 Å². The van der Waals surface area contributed by atoms with E-state index in [9.17, 15) is 38.4 Å². The van der Waals surface area contributed by atoms with E-state index in [0.717, 1.165) is 48.4 Å². The number of aromatic amines is 1. The zero-order valence-corrected chi connectivity index (χ0v) is 48.9. The smallest absolute Gasteiger partial charge is 0.793 e. The Morgan fingerprint density at radius 3 is 1.51 bits per heavy atom. The number of anilines is 3. The minimum absolute atomic E-state index is 0. The van der Waals surface area contributed by atoms with Gasteiger partial charge in [-0.05, 0) is 102 Å². The predicted octanol–water partition coefficient (Wildman–Crippen LogP) is 2.38. The van der Waals surface area contributed by atoms with Crippen LogP contribution in [0.5, 0.6) is 0 Å². The third-order valence-electron chi connectivity index (χ3n) is 8.61. The fourth-order valence-electron chi connectivity index (χ4n) is 5.73. The van der Waals surface area contributed by atoms with Crippen LogP contribution in [0.3, 0.4) is 0 Å². The molecule has 29 heteroatoms. The summed E-state index contributed by atoms with van der Waals surface area (Å²) >= 11 is 0. The molecule has 76 heavy (non-hydrogen) atoms. The summed E-state index contributed by atoms with van der Waals surface area (Å²) in [6, 6.07) is 0.663. The van der Waals surface area contributed by atoms with Gasteiger partial charge >= 0.3 is 65.9 Å². The number of Topliss-reactive ketones (excluding diaryl/α,β-unsaturated/α-hetero) is 1. The number of carbonyl (C=O) groups is 8. The first-order chi connectivity index (χ1) is 34.5. The third-order valence-corrected chi connectivity index (χ3v) is 8.61. The number of hydrogen-bond donors (Lipinski definition) is 5. The maximum absolute atomic E-state index is 12.1. The predicted molar refractivity (Wildman–Crippen MR) is 274 cm³/mol. The number of carbonyl (C=O) groups excluding carboxylic acids is 8. The van der Waals surface area contributed by atoms with E-state index >= 15 is 0 Å². The molecule has 3 aliphatic rings. The van der Waals surface area contributed by atoms with E-state index in [1.807, 2.05) is 47.7 Å².